The summed E-state index contributed by atoms with van der Waals surface area (Å²) in [5.41, 5.74) is -0.219. The van der Waals surface area contributed by atoms with Gasteiger partial charge in [-0.25, -0.2) is 9.37 Å². The van der Waals surface area contributed by atoms with Crippen LogP contribution >= 0.6 is 11.3 Å². The Morgan fingerprint density at radius 2 is 1.93 bits per heavy atom. The number of aryl methyl sites for hydroxylation is 2. The molecule has 4 aromatic rings. The second-order valence-electron chi connectivity index (χ2n) is 6.20. The van der Waals surface area contributed by atoms with Gasteiger partial charge in [-0.05, 0) is 38.1 Å². The van der Waals surface area contributed by atoms with E-state index in [1.807, 2.05) is 6.92 Å². The Bertz CT molecular complexity index is 1200. The summed E-state index contributed by atoms with van der Waals surface area (Å²) < 4.78 is 21.2. The van der Waals surface area contributed by atoms with Gasteiger partial charge >= 0.3 is 0 Å². The van der Waals surface area contributed by atoms with Crippen LogP contribution < -0.4 is 0 Å². The van der Waals surface area contributed by atoms with E-state index in [0.717, 1.165) is 4.88 Å². The van der Waals surface area contributed by atoms with Crippen molar-refractivity contribution in [3.05, 3.63) is 70.4 Å². The fourth-order valence-electron chi connectivity index (χ4n) is 2.98. The lowest BCUT2D eigenvalue weighted by molar-refractivity contribution is 0.101. The maximum atomic E-state index is 14.6. The van der Waals surface area contributed by atoms with Crippen molar-refractivity contribution in [2.45, 2.75) is 13.8 Å². The number of carbonyl (C=O) groups is 1. The number of furan rings is 1. The Hall–Kier alpha value is -3.39. The first-order valence-electron chi connectivity index (χ1n) is 8.34. The Labute approximate surface area is 163 Å². The zero-order valence-corrected chi connectivity index (χ0v) is 15.7. The molecule has 0 unspecified atom stereocenters. The summed E-state index contributed by atoms with van der Waals surface area (Å²) in [5.74, 6) is -2.07. The normalized spacial score (nSPS) is 11.1. The van der Waals surface area contributed by atoms with E-state index in [2.05, 4.69) is 4.98 Å². The van der Waals surface area contributed by atoms with Crippen molar-refractivity contribution < 1.29 is 23.8 Å². The average Bonchev–Trinajstić information content (AvgIpc) is 3.35. The lowest BCUT2D eigenvalue weighted by Crippen LogP contribution is -2.05. The number of carbonyl (C=O) groups excluding carboxylic acids is 1. The van der Waals surface area contributed by atoms with Gasteiger partial charge in [0.25, 0.3) is 0 Å². The van der Waals surface area contributed by atoms with Gasteiger partial charge in [-0.1, -0.05) is 12.1 Å². The third-order valence-corrected chi connectivity index (χ3v) is 5.14. The molecular formula is C20H15FN2O4S. The predicted molar refractivity (Wildman–Crippen MR) is 102 cm³/mol. The molecule has 0 saturated heterocycles. The first-order chi connectivity index (χ1) is 13.4. The minimum absolute atomic E-state index is 0.00139. The van der Waals surface area contributed by atoms with E-state index in [4.69, 9.17) is 4.42 Å². The van der Waals surface area contributed by atoms with Crippen molar-refractivity contribution in [3.8, 4) is 28.0 Å². The second kappa shape index (κ2) is 6.65. The standard InChI is InChI=1S/C20H15FN2O4S/c1-10-7-8-14(27-10)17(24)15-16(12-5-3-4-6-13(12)21)23(19(26)18(15)25)20-22-9-11(2)28-20/h3-9,25-26H,1-2H3. The van der Waals surface area contributed by atoms with Gasteiger partial charge in [-0.2, -0.15) is 0 Å². The third kappa shape index (κ3) is 2.78. The van der Waals surface area contributed by atoms with Crippen LogP contribution in [0.2, 0.25) is 0 Å². The molecule has 4 rings (SSSR count). The Morgan fingerprint density at radius 1 is 1.18 bits per heavy atom. The highest BCUT2D eigenvalue weighted by Gasteiger charge is 2.33. The number of thiazole rings is 1. The van der Waals surface area contributed by atoms with Crippen LogP contribution in [-0.2, 0) is 0 Å². The first-order valence-corrected chi connectivity index (χ1v) is 9.15. The molecule has 0 spiro atoms. The molecule has 1 aromatic carbocycles. The van der Waals surface area contributed by atoms with Gasteiger partial charge in [0.1, 0.15) is 11.6 Å². The number of hydrogen-bond donors (Lipinski definition) is 2. The van der Waals surface area contributed by atoms with E-state index in [1.165, 1.54) is 40.2 Å². The van der Waals surface area contributed by atoms with Crippen molar-refractivity contribution in [2.24, 2.45) is 0 Å². The van der Waals surface area contributed by atoms with Crippen LogP contribution in [0.4, 0.5) is 4.39 Å². The molecule has 0 fully saturated rings. The van der Waals surface area contributed by atoms with Crippen LogP contribution in [0.3, 0.4) is 0 Å². The summed E-state index contributed by atoms with van der Waals surface area (Å²) in [7, 11) is 0. The van der Waals surface area contributed by atoms with Gasteiger partial charge in [-0.3, -0.25) is 9.36 Å². The lowest BCUT2D eigenvalue weighted by Gasteiger charge is -2.09. The summed E-state index contributed by atoms with van der Waals surface area (Å²) >= 11 is 1.23. The minimum Gasteiger partial charge on any atom is -0.503 e. The number of rotatable bonds is 4. The molecule has 0 atom stereocenters. The topological polar surface area (TPSA) is 88.5 Å². The highest BCUT2D eigenvalue weighted by molar-refractivity contribution is 7.14. The zero-order chi connectivity index (χ0) is 20.0. The molecule has 0 aliphatic heterocycles. The summed E-state index contributed by atoms with van der Waals surface area (Å²) in [6.07, 6.45) is 1.58. The van der Waals surface area contributed by atoms with Gasteiger partial charge in [0.15, 0.2) is 16.6 Å². The quantitative estimate of drug-likeness (QED) is 0.491. The Balaban J connectivity index is 2.06. The van der Waals surface area contributed by atoms with Crippen molar-refractivity contribution in [1.29, 1.82) is 0 Å². The fraction of sp³-hybridized carbons (Fsp3) is 0.100. The molecule has 6 nitrogen and oxygen atoms in total. The van der Waals surface area contributed by atoms with Gasteiger partial charge in [0.2, 0.25) is 11.7 Å². The molecule has 0 bridgehead atoms. The van der Waals surface area contributed by atoms with Crippen LogP contribution in [0, 0.1) is 19.7 Å². The Kier molecular flexibility index (Phi) is 4.27. The Morgan fingerprint density at radius 3 is 2.54 bits per heavy atom. The summed E-state index contributed by atoms with van der Waals surface area (Å²) in [5, 5.41) is 21.5. The molecule has 3 heterocycles. The van der Waals surface area contributed by atoms with Crippen LogP contribution in [0.15, 0.2) is 47.0 Å². The van der Waals surface area contributed by atoms with Crippen LogP contribution in [-0.4, -0.2) is 25.5 Å². The number of ketones is 1. The number of aromatic hydroxyl groups is 2. The van der Waals surface area contributed by atoms with E-state index in [0.29, 0.717) is 10.9 Å². The summed E-state index contributed by atoms with van der Waals surface area (Å²) in [4.78, 5) is 18.1. The van der Waals surface area contributed by atoms with Gasteiger partial charge in [0.05, 0.1) is 11.3 Å². The van der Waals surface area contributed by atoms with E-state index in [1.54, 1.807) is 25.3 Å². The first kappa shape index (κ1) is 18.0. The van der Waals surface area contributed by atoms with E-state index in [-0.39, 0.29) is 22.6 Å². The summed E-state index contributed by atoms with van der Waals surface area (Å²) in [6, 6.07) is 8.88. The minimum atomic E-state index is -0.675. The predicted octanol–water partition coefficient (Wildman–Crippen LogP) is 4.59. The number of aromatic nitrogens is 2. The molecule has 0 aliphatic carbocycles. The molecule has 8 heteroatoms. The molecule has 142 valence electrons. The van der Waals surface area contributed by atoms with Crippen LogP contribution in [0.5, 0.6) is 11.6 Å². The number of nitrogens with zero attached hydrogens (tertiary/aromatic N) is 2. The largest absolute Gasteiger partial charge is 0.503 e. The maximum absolute atomic E-state index is 14.6. The van der Waals surface area contributed by atoms with Gasteiger partial charge < -0.3 is 14.6 Å². The molecule has 0 amide bonds. The monoisotopic (exact) mass is 398 g/mol. The molecular weight excluding hydrogens is 383 g/mol. The summed E-state index contributed by atoms with van der Waals surface area (Å²) in [6.45, 7) is 3.50. The fourth-order valence-corrected chi connectivity index (χ4v) is 3.75. The molecule has 28 heavy (non-hydrogen) atoms. The maximum Gasteiger partial charge on any atom is 0.242 e. The van der Waals surface area contributed by atoms with Crippen LogP contribution in [0.25, 0.3) is 16.4 Å². The molecule has 0 saturated carbocycles. The van der Waals surface area contributed by atoms with E-state index >= 15 is 0 Å². The van der Waals surface area contributed by atoms with Crippen molar-refractivity contribution in [3.63, 3.8) is 0 Å². The molecule has 0 aliphatic rings. The lowest BCUT2D eigenvalue weighted by atomic mass is 10.0. The second-order valence-corrected chi connectivity index (χ2v) is 7.42. The van der Waals surface area contributed by atoms with E-state index in [9.17, 15) is 19.4 Å². The smallest absolute Gasteiger partial charge is 0.242 e. The molecule has 3 aromatic heterocycles. The average molecular weight is 398 g/mol. The van der Waals surface area contributed by atoms with Crippen molar-refractivity contribution in [2.75, 3.05) is 0 Å². The molecule has 0 radical (unpaired) electrons. The van der Waals surface area contributed by atoms with Crippen molar-refractivity contribution >= 4 is 17.1 Å². The van der Waals surface area contributed by atoms with E-state index < -0.39 is 23.2 Å². The highest BCUT2D eigenvalue weighted by atomic mass is 32.1. The SMILES string of the molecule is Cc1ccc(C(=O)c2c(O)c(O)n(-c3ncc(C)s3)c2-c2ccccc2F)o1. The molecule has 2 N–H and O–H groups in total. The van der Waals surface area contributed by atoms with Crippen LogP contribution in [0.1, 0.15) is 26.8 Å². The number of hydrogen-bond acceptors (Lipinski definition) is 6. The number of benzene rings is 1. The van der Waals surface area contributed by atoms with Crippen molar-refractivity contribution in [1.82, 2.24) is 9.55 Å². The zero-order valence-electron chi connectivity index (χ0n) is 14.9. The third-order valence-electron chi connectivity index (χ3n) is 4.24. The van der Waals surface area contributed by atoms with Gasteiger partial charge in [0, 0.05) is 16.6 Å². The van der Waals surface area contributed by atoms with Gasteiger partial charge in [-0.15, -0.1) is 11.3 Å². The number of halogens is 1. The highest BCUT2D eigenvalue weighted by Crippen LogP contribution is 2.45.